The molecule has 6 nitrogen and oxygen atoms in total. The number of rotatable bonds is 2. The lowest BCUT2D eigenvalue weighted by atomic mass is 9.90. The van der Waals surface area contributed by atoms with E-state index in [1.54, 1.807) is 12.1 Å². The predicted octanol–water partition coefficient (Wildman–Crippen LogP) is 3.30. The van der Waals surface area contributed by atoms with E-state index in [0.29, 0.717) is 33.4 Å². The average molecular weight is 338 g/mol. The Morgan fingerprint density at radius 1 is 0.960 bits per heavy atom. The fourth-order valence-electron chi connectivity index (χ4n) is 3.18. The largest absolute Gasteiger partial charge is 0.504 e. The first-order valence-electron chi connectivity index (χ1n) is 7.55. The maximum absolute atomic E-state index is 12.2. The minimum absolute atomic E-state index is 0.0643. The SMILES string of the molecule is COc1cc2cc3c(c(-c4ccc(O)c(O)c4)c2cc1O)C(=O)OC3. The molecule has 0 unspecified atom stereocenters. The van der Waals surface area contributed by atoms with Crippen LogP contribution in [0.5, 0.6) is 23.0 Å². The Labute approximate surface area is 142 Å². The van der Waals surface area contributed by atoms with Crippen LogP contribution in [0.2, 0.25) is 0 Å². The van der Waals surface area contributed by atoms with Crippen molar-refractivity contribution >= 4 is 16.7 Å². The normalized spacial score (nSPS) is 12.9. The Balaban J connectivity index is 2.13. The average Bonchev–Trinajstić information content (AvgIpc) is 2.96. The monoisotopic (exact) mass is 338 g/mol. The van der Waals surface area contributed by atoms with E-state index in [-0.39, 0.29) is 23.9 Å². The van der Waals surface area contributed by atoms with Crippen LogP contribution in [0.1, 0.15) is 15.9 Å². The summed E-state index contributed by atoms with van der Waals surface area (Å²) in [7, 11) is 1.46. The Morgan fingerprint density at radius 3 is 2.48 bits per heavy atom. The lowest BCUT2D eigenvalue weighted by molar-refractivity contribution is 0.0535. The van der Waals surface area contributed by atoms with Crippen molar-refractivity contribution in [2.24, 2.45) is 0 Å². The number of phenolic OH excluding ortho intramolecular Hbond substituents is 3. The number of carbonyl (C=O) groups is 1. The highest BCUT2D eigenvalue weighted by Gasteiger charge is 2.28. The molecule has 0 aromatic heterocycles. The zero-order valence-corrected chi connectivity index (χ0v) is 13.2. The molecular weight excluding hydrogens is 324 g/mol. The number of benzene rings is 3. The topological polar surface area (TPSA) is 96.2 Å². The number of carbonyl (C=O) groups excluding carboxylic acids is 1. The van der Waals surface area contributed by atoms with Crippen molar-refractivity contribution in [3.8, 4) is 34.1 Å². The van der Waals surface area contributed by atoms with Gasteiger partial charge in [-0.3, -0.25) is 0 Å². The van der Waals surface area contributed by atoms with E-state index >= 15 is 0 Å². The third-order valence-corrected chi connectivity index (χ3v) is 4.35. The van der Waals surface area contributed by atoms with Crippen LogP contribution in [0, 0.1) is 0 Å². The van der Waals surface area contributed by atoms with Gasteiger partial charge in [0.15, 0.2) is 23.0 Å². The number of phenols is 3. The Bertz CT molecular complexity index is 1040. The molecule has 4 rings (SSSR count). The zero-order chi connectivity index (χ0) is 17.7. The molecule has 1 aliphatic heterocycles. The molecule has 126 valence electrons. The van der Waals surface area contributed by atoms with Gasteiger partial charge in [-0.2, -0.15) is 0 Å². The number of ether oxygens (including phenoxy) is 2. The summed E-state index contributed by atoms with van der Waals surface area (Å²) in [6.45, 7) is 0.157. The molecule has 0 spiro atoms. The van der Waals surface area contributed by atoms with E-state index in [4.69, 9.17) is 9.47 Å². The third-order valence-electron chi connectivity index (χ3n) is 4.35. The van der Waals surface area contributed by atoms with Crippen LogP contribution >= 0.6 is 0 Å². The van der Waals surface area contributed by atoms with Crippen molar-refractivity contribution in [2.75, 3.05) is 7.11 Å². The van der Waals surface area contributed by atoms with Gasteiger partial charge in [-0.05, 0) is 46.7 Å². The molecule has 0 bridgehead atoms. The second-order valence-electron chi connectivity index (χ2n) is 5.81. The fourth-order valence-corrected chi connectivity index (χ4v) is 3.18. The van der Waals surface area contributed by atoms with Gasteiger partial charge in [0, 0.05) is 11.1 Å². The highest BCUT2D eigenvalue weighted by Crippen LogP contribution is 2.43. The van der Waals surface area contributed by atoms with Crippen LogP contribution in [0.3, 0.4) is 0 Å². The molecule has 1 aliphatic rings. The van der Waals surface area contributed by atoms with E-state index in [1.165, 1.54) is 25.3 Å². The Morgan fingerprint density at radius 2 is 1.76 bits per heavy atom. The van der Waals surface area contributed by atoms with E-state index in [2.05, 4.69) is 0 Å². The molecule has 0 atom stereocenters. The highest BCUT2D eigenvalue weighted by atomic mass is 16.5. The number of aromatic hydroxyl groups is 3. The smallest absolute Gasteiger partial charge is 0.339 e. The molecule has 25 heavy (non-hydrogen) atoms. The lowest BCUT2D eigenvalue weighted by Crippen LogP contribution is -1.99. The van der Waals surface area contributed by atoms with Crippen molar-refractivity contribution in [2.45, 2.75) is 6.61 Å². The van der Waals surface area contributed by atoms with E-state index < -0.39 is 5.97 Å². The summed E-state index contributed by atoms with van der Waals surface area (Å²) in [4.78, 5) is 12.2. The minimum atomic E-state index is -0.463. The lowest BCUT2D eigenvalue weighted by Gasteiger charge is -2.14. The quantitative estimate of drug-likeness (QED) is 0.490. The molecule has 0 radical (unpaired) electrons. The summed E-state index contributed by atoms with van der Waals surface area (Å²) in [6.07, 6.45) is 0. The van der Waals surface area contributed by atoms with Gasteiger partial charge >= 0.3 is 5.97 Å². The van der Waals surface area contributed by atoms with Gasteiger partial charge < -0.3 is 24.8 Å². The highest BCUT2D eigenvalue weighted by molar-refractivity contribution is 6.11. The number of cyclic esters (lactones) is 1. The van der Waals surface area contributed by atoms with Gasteiger partial charge in [-0.1, -0.05) is 6.07 Å². The van der Waals surface area contributed by atoms with Gasteiger partial charge in [-0.15, -0.1) is 0 Å². The van der Waals surface area contributed by atoms with Gasteiger partial charge in [0.05, 0.1) is 12.7 Å². The van der Waals surface area contributed by atoms with E-state index in [1.807, 2.05) is 6.07 Å². The molecule has 0 amide bonds. The number of fused-ring (bicyclic) bond motifs is 2. The number of hydrogen-bond acceptors (Lipinski definition) is 6. The Hall–Kier alpha value is -3.41. The zero-order valence-electron chi connectivity index (χ0n) is 13.2. The summed E-state index contributed by atoms with van der Waals surface area (Å²) in [5, 5.41) is 30.9. The molecule has 3 aromatic rings. The summed E-state index contributed by atoms with van der Waals surface area (Å²) in [5.74, 6) is -0.766. The second-order valence-corrected chi connectivity index (χ2v) is 5.81. The van der Waals surface area contributed by atoms with Gasteiger partial charge in [0.2, 0.25) is 0 Å². The van der Waals surface area contributed by atoms with Crippen LogP contribution in [0.4, 0.5) is 0 Å². The number of esters is 1. The maximum Gasteiger partial charge on any atom is 0.339 e. The first kappa shape index (κ1) is 15.1. The first-order valence-corrected chi connectivity index (χ1v) is 7.55. The van der Waals surface area contributed by atoms with Crippen molar-refractivity contribution < 1.29 is 29.6 Å². The van der Waals surface area contributed by atoms with Gasteiger partial charge in [-0.25, -0.2) is 4.79 Å². The number of hydrogen-bond donors (Lipinski definition) is 3. The summed E-state index contributed by atoms with van der Waals surface area (Å²) < 4.78 is 10.3. The van der Waals surface area contributed by atoms with E-state index in [9.17, 15) is 20.1 Å². The van der Waals surface area contributed by atoms with Crippen LogP contribution in [0.25, 0.3) is 21.9 Å². The predicted molar refractivity (Wildman–Crippen MR) is 90.0 cm³/mol. The molecular formula is C19H14O6. The first-order chi connectivity index (χ1) is 12.0. The maximum atomic E-state index is 12.2. The van der Waals surface area contributed by atoms with Gasteiger partial charge in [0.1, 0.15) is 6.61 Å². The van der Waals surface area contributed by atoms with Crippen LogP contribution < -0.4 is 4.74 Å². The van der Waals surface area contributed by atoms with Crippen molar-refractivity contribution in [3.05, 3.63) is 47.5 Å². The molecule has 3 N–H and O–H groups in total. The molecule has 0 fully saturated rings. The van der Waals surface area contributed by atoms with Gasteiger partial charge in [0.25, 0.3) is 0 Å². The summed E-state index contributed by atoms with van der Waals surface area (Å²) in [6, 6.07) is 9.33. The Kier molecular flexibility index (Phi) is 3.21. The van der Waals surface area contributed by atoms with Crippen molar-refractivity contribution in [1.82, 2.24) is 0 Å². The summed E-state index contributed by atoms with van der Waals surface area (Å²) >= 11 is 0. The second kappa shape index (κ2) is 5.31. The number of methoxy groups -OCH3 is 1. The molecule has 0 saturated carbocycles. The summed E-state index contributed by atoms with van der Waals surface area (Å²) in [5.41, 5.74) is 2.17. The van der Waals surface area contributed by atoms with Crippen LogP contribution in [-0.4, -0.2) is 28.4 Å². The van der Waals surface area contributed by atoms with Crippen molar-refractivity contribution in [3.63, 3.8) is 0 Å². The standard InChI is InChI=1S/C19H14O6/c1-24-16-6-10-4-11-8-25-19(23)18(11)17(12(10)7-15(16)22)9-2-3-13(20)14(21)5-9/h2-7,20-22H,8H2,1H3. The molecule has 3 aromatic carbocycles. The van der Waals surface area contributed by atoms with Crippen LogP contribution in [0.15, 0.2) is 36.4 Å². The van der Waals surface area contributed by atoms with E-state index in [0.717, 1.165) is 5.39 Å². The molecule has 0 saturated heterocycles. The minimum Gasteiger partial charge on any atom is -0.504 e. The fraction of sp³-hybridized carbons (Fsp3) is 0.105. The molecule has 0 aliphatic carbocycles. The van der Waals surface area contributed by atoms with Crippen LogP contribution in [-0.2, 0) is 11.3 Å². The molecule has 6 heteroatoms. The molecule has 1 heterocycles. The third kappa shape index (κ3) is 2.22. The van der Waals surface area contributed by atoms with Crippen molar-refractivity contribution in [1.29, 1.82) is 0 Å².